The molecule has 2 unspecified atom stereocenters. The minimum Gasteiger partial charge on any atom is -0.314 e. The minimum atomic E-state index is -2.23. The fourth-order valence-electron chi connectivity index (χ4n) is 1.61. The van der Waals surface area contributed by atoms with Gasteiger partial charge >= 0.3 is 0 Å². The number of nitrogens with zero attached hydrogens (tertiary/aromatic N) is 1. The van der Waals surface area contributed by atoms with E-state index < -0.39 is 12.5 Å². The average molecular weight is 178 g/mol. The molecule has 0 bridgehead atoms. The predicted molar refractivity (Wildman–Crippen MR) is 44.5 cm³/mol. The van der Waals surface area contributed by atoms with Crippen molar-refractivity contribution in [2.24, 2.45) is 0 Å². The average Bonchev–Trinajstić information content (AvgIpc) is 2.04. The van der Waals surface area contributed by atoms with E-state index in [0.29, 0.717) is 0 Å². The summed E-state index contributed by atoms with van der Waals surface area (Å²) in [5.74, 6) is 0. The van der Waals surface area contributed by atoms with Crippen LogP contribution < -0.4 is 5.32 Å². The molecule has 0 radical (unpaired) electrons. The lowest BCUT2D eigenvalue weighted by atomic mass is 10.1. The first kappa shape index (κ1) is 9.86. The molecule has 1 N–H and O–H groups in total. The highest BCUT2D eigenvalue weighted by Gasteiger charge is 2.28. The van der Waals surface area contributed by atoms with Crippen LogP contribution in [0, 0.1) is 0 Å². The molecule has 0 saturated carbocycles. The van der Waals surface area contributed by atoms with Gasteiger partial charge in [-0.05, 0) is 13.8 Å². The molecule has 2 nitrogen and oxygen atoms in total. The van der Waals surface area contributed by atoms with Crippen molar-refractivity contribution in [2.75, 3.05) is 19.6 Å². The Kier molecular flexibility index (Phi) is 3.40. The molecule has 0 aliphatic carbocycles. The Balaban J connectivity index is 2.47. The second-order valence-corrected chi connectivity index (χ2v) is 3.37. The lowest BCUT2D eigenvalue weighted by molar-refractivity contribution is 0.00726. The van der Waals surface area contributed by atoms with Gasteiger partial charge in [0.05, 0.1) is 6.04 Å². The Morgan fingerprint density at radius 2 is 2.17 bits per heavy atom. The summed E-state index contributed by atoms with van der Waals surface area (Å²) in [5, 5.41) is 3.17. The molecule has 2 atom stereocenters. The summed E-state index contributed by atoms with van der Waals surface area (Å²) in [6.45, 7) is 5.93. The van der Waals surface area contributed by atoms with Crippen molar-refractivity contribution in [1.29, 1.82) is 0 Å². The summed E-state index contributed by atoms with van der Waals surface area (Å²) < 4.78 is 24.6. The third-order valence-corrected chi connectivity index (χ3v) is 2.44. The molecule has 1 fully saturated rings. The highest BCUT2D eigenvalue weighted by molar-refractivity contribution is 4.81. The van der Waals surface area contributed by atoms with Crippen LogP contribution in [0.4, 0.5) is 8.78 Å². The van der Waals surface area contributed by atoms with E-state index in [-0.39, 0.29) is 6.04 Å². The monoisotopic (exact) mass is 178 g/mol. The van der Waals surface area contributed by atoms with E-state index >= 15 is 0 Å². The zero-order chi connectivity index (χ0) is 9.14. The molecular weight excluding hydrogens is 162 g/mol. The van der Waals surface area contributed by atoms with Crippen molar-refractivity contribution >= 4 is 0 Å². The van der Waals surface area contributed by atoms with Gasteiger partial charge in [-0.15, -0.1) is 0 Å². The topological polar surface area (TPSA) is 15.3 Å². The highest BCUT2D eigenvalue weighted by atomic mass is 19.3. The summed E-state index contributed by atoms with van der Waals surface area (Å²) in [4.78, 5) is 1.86. The molecule has 0 amide bonds. The zero-order valence-electron chi connectivity index (χ0n) is 7.56. The maximum atomic E-state index is 12.3. The summed E-state index contributed by atoms with van der Waals surface area (Å²) in [6, 6.07) is -0.384. The molecule has 1 aliphatic rings. The van der Waals surface area contributed by atoms with Crippen LogP contribution in [0.15, 0.2) is 0 Å². The highest BCUT2D eigenvalue weighted by Crippen LogP contribution is 2.13. The third-order valence-electron chi connectivity index (χ3n) is 2.44. The molecule has 1 aliphatic heterocycles. The van der Waals surface area contributed by atoms with E-state index in [1.165, 1.54) is 0 Å². The summed E-state index contributed by atoms with van der Waals surface area (Å²) in [5.41, 5.74) is 0. The van der Waals surface area contributed by atoms with Gasteiger partial charge < -0.3 is 5.32 Å². The van der Waals surface area contributed by atoms with E-state index in [1.807, 2.05) is 11.8 Å². The van der Waals surface area contributed by atoms with Crippen molar-refractivity contribution in [2.45, 2.75) is 32.4 Å². The molecular formula is C8H16F2N2. The van der Waals surface area contributed by atoms with Crippen LogP contribution in [0.5, 0.6) is 0 Å². The van der Waals surface area contributed by atoms with Crippen LogP contribution in [0.25, 0.3) is 0 Å². The van der Waals surface area contributed by atoms with Gasteiger partial charge in [0.25, 0.3) is 6.43 Å². The lowest BCUT2D eigenvalue weighted by Gasteiger charge is -2.37. The van der Waals surface area contributed by atoms with Gasteiger partial charge in [-0.3, -0.25) is 4.90 Å². The molecule has 1 heterocycles. The van der Waals surface area contributed by atoms with Crippen molar-refractivity contribution in [3.05, 3.63) is 0 Å². The fraction of sp³-hybridized carbons (Fsp3) is 1.00. The van der Waals surface area contributed by atoms with Crippen LogP contribution in [-0.4, -0.2) is 43.0 Å². The third kappa shape index (κ3) is 2.14. The Labute approximate surface area is 71.9 Å². The standard InChI is InChI=1S/C8H16F2N2/c1-6-5-11-3-4-12(6)7(2)8(9)10/h6-8,11H,3-5H2,1-2H3. The quantitative estimate of drug-likeness (QED) is 0.676. The first-order chi connectivity index (χ1) is 5.63. The largest absolute Gasteiger partial charge is 0.314 e. The molecule has 1 saturated heterocycles. The molecule has 12 heavy (non-hydrogen) atoms. The number of hydrogen-bond donors (Lipinski definition) is 1. The number of hydrogen-bond acceptors (Lipinski definition) is 2. The van der Waals surface area contributed by atoms with E-state index in [2.05, 4.69) is 5.32 Å². The Hall–Kier alpha value is -0.220. The van der Waals surface area contributed by atoms with Gasteiger partial charge in [-0.25, -0.2) is 8.78 Å². The molecule has 0 aromatic heterocycles. The molecule has 4 heteroatoms. The molecule has 1 rings (SSSR count). The number of nitrogens with one attached hydrogen (secondary N) is 1. The zero-order valence-corrected chi connectivity index (χ0v) is 7.56. The maximum absolute atomic E-state index is 12.3. The minimum absolute atomic E-state index is 0.225. The van der Waals surface area contributed by atoms with Crippen LogP contribution in [0.3, 0.4) is 0 Å². The van der Waals surface area contributed by atoms with Gasteiger partial charge in [-0.2, -0.15) is 0 Å². The van der Waals surface area contributed by atoms with Gasteiger partial charge in [-0.1, -0.05) is 0 Å². The molecule has 72 valence electrons. The number of halogens is 2. The second-order valence-electron chi connectivity index (χ2n) is 3.37. The lowest BCUT2D eigenvalue weighted by Crippen LogP contribution is -2.54. The van der Waals surface area contributed by atoms with Crippen LogP contribution in [-0.2, 0) is 0 Å². The summed E-state index contributed by atoms with van der Waals surface area (Å²) in [6.07, 6.45) is -2.23. The van der Waals surface area contributed by atoms with Crippen molar-refractivity contribution in [3.63, 3.8) is 0 Å². The molecule has 0 aromatic rings. The maximum Gasteiger partial charge on any atom is 0.253 e. The molecule has 0 spiro atoms. The van der Waals surface area contributed by atoms with Crippen molar-refractivity contribution in [1.82, 2.24) is 10.2 Å². The number of alkyl halides is 2. The smallest absolute Gasteiger partial charge is 0.253 e. The van der Waals surface area contributed by atoms with E-state index in [1.54, 1.807) is 6.92 Å². The van der Waals surface area contributed by atoms with Crippen LogP contribution in [0.2, 0.25) is 0 Å². The van der Waals surface area contributed by atoms with E-state index in [4.69, 9.17) is 0 Å². The number of rotatable bonds is 2. The Bertz CT molecular complexity index is 141. The van der Waals surface area contributed by atoms with Gasteiger partial charge in [0.2, 0.25) is 0 Å². The van der Waals surface area contributed by atoms with Gasteiger partial charge in [0.15, 0.2) is 0 Å². The summed E-state index contributed by atoms with van der Waals surface area (Å²) in [7, 11) is 0. The summed E-state index contributed by atoms with van der Waals surface area (Å²) >= 11 is 0. The molecule has 0 aromatic carbocycles. The van der Waals surface area contributed by atoms with Crippen molar-refractivity contribution in [3.8, 4) is 0 Å². The van der Waals surface area contributed by atoms with Crippen LogP contribution in [0.1, 0.15) is 13.8 Å². The SMILES string of the molecule is CC1CNCCN1C(C)C(F)F. The first-order valence-electron chi connectivity index (χ1n) is 4.37. The first-order valence-corrected chi connectivity index (χ1v) is 4.37. The predicted octanol–water partition coefficient (Wildman–Crippen LogP) is 0.934. The number of piperazine rings is 1. The normalized spacial score (nSPS) is 29.2. The van der Waals surface area contributed by atoms with Gasteiger partial charge in [0.1, 0.15) is 0 Å². The Morgan fingerprint density at radius 3 is 2.67 bits per heavy atom. The Morgan fingerprint density at radius 1 is 1.50 bits per heavy atom. The van der Waals surface area contributed by atoms with Crippen molar-refractivity contribution < 1.29 is 8.78 Å². The van der Waals surface area contributed by atoms with E-state index in [0.717, 1.165) is 19.6 Å². The fourth-order valence-corrected chi connectivity index (χ4v) is 1.61. The van der Waals surface area contributed by atoms with Crippen LogP contribution >= 0.6 is 0 Å². The second kappa shape index (κ2) is 4.14. The van der Waals surface area contributed by atoms with Gasteiger partial charge in [0, 0.05) is 25.7 Å². The van der Waals surface area contributed by atoms with E-state index in [9.17, 15) is 8.78 Å².